The van der Waals surface area contributed by atoms with Gasteiger partial charge in [-0.2, -0.15) is 0 Å². The summed E-state index contributed by atoms with van der Waals surface area (Å²) in [6.07, 6.45) is 0.884. The SMILES string of the molecule is Cc1cc(C(N)C2CCOc3ccccc32)ccc1F. The summed E-state index contributed by atoms with van der Waals surface area (Å²) in [5.74, 6) is 0.941. The molecule has 1 heterocycles. The molecule has 20 heavy (non-hydrogen) atoms. The maximum Gasteiger partial charge on any atom is 0.126 e. The van der Waals surface area contributed by atoms with Crippen LogP contribution in [0, 0.1) is 12.7 Å². The second kappa shape index (κ2) is 5.25. The summed E-state index contributed by atoms with van der Waals surface area (Å²) in [5.41, 5.74) is 9.19. The summed E-state index contributed by atoms with van der Waals surface area (Å²) in [5, 5.41) is 0. The van der Waals surface area contributed by atoms with E-state index in [0.29, 0.717) is 12.2 Å². The van der Waals surface area contributed by atoms with Crippen LogP contribution in [0.2, 0.25) is 0 Å². The standard InChI is InChI=1S/C17H18FNO/c1-11-10-12(6-7-15(11)18)17(19)14-8-9-20-16-5-3-2-4-13(14)16/h2-7,10,14,17H,8-9,19H2,1H3. The summed E-state index contributed by atoms with van der Waals surface area (Å²) in [6.45, 7) is 2.44. The Labute approximate surface area is 118 Å². The first-order valence-electron chi connectivity index (χ1n) is 6.90. The predicted octanol–water partition coefficient (Wildman–Crippen LogP) is 3.70. The highest BCUT2D eigenvalue weighted by Gasteiger charge is 2.27. The molecular formula is C17H18FNO. The third-order valence-corrected chi connectivity index (χ3v) is 4.01. The minimum Gasteiger partial charge on any atom is -0.493 e. The number of nitrogens with two attached hydrogens (primary N) is 1. The van der Waals surface area contributed by atoms with E-state index in [9.17, 15) is 4.39 Å². The van der Waals surface area contributed by atoms with Crippen LogP contribution in [0.25, 0.3) is 0 Å². The Morgan fingerprint density at radius 2 is 2.05 bits per heavy atom. The smallest absolute Gasteiger partial charge is 0.126 e. The molecule has 2 N–H and O–H groups in total. The van der Waals surface area contributed by atoms with Gasteiger partial charge in [0.15, 0.2) is 0 Å². The average molecular weight is 271 g/mol. The highest BCUT2D eigenvalue weighted by Crippen LogP contribution is 2.40. The summed E-state index contributed by atoms with van der Waals surface area (Å²) in [4.78, 5) is 0. The van der Waals surface area contributed by atoms with E-state index in [1.54, 1.807) is 13.0 Å². The lowest BCUT2D eigenvalue weighted by molar-refractivity contribution is 0.255. The van der Waals surface area contributed by atoms with Crippen LogP contribution in [0.4, 0.5) is 4.39 Å². The maximum absolute atomic E-state index is 13.4. The number of hydrogen-bond donors (Lipinski definition) is 1. The summed E-state index contributed by atoms with van der Waals surface area (Å²) in [6, 6.07) is 13.0. The molecule has 3 rings (SSSR count). The van der Waals surface area contributed by atoms with Gasteiger partial charge < -0.3 is 10.5 Å². The normalized spacial score (nSPS) is 19.1. The lowest BCUT2D eigenvalue weighted by atomic mass is 9.83. The molecule has 2 aromatic rings. The van der Waals surface area contributed by atoms with Crippen LogP contribution in [0.1, 0.15) is 35.1 Å². The van der Waals surface area contributed by atoms with Crippen molar-refractivity contribution in [1.29, 1.82) is 0 Å². The number of aryl methyl sites for hydroxylation is 1. The Kier molecular flexibility index (Phi) is 3.45. The molecule has 0 saturated heterocycles. The molecule has 2 aromatic carbocycles. The number of benzene rings is 2. The van der Waals surface area contributed by atoms with Gasteiger partial charge in [0.05, 0.1) is 6.61 Å². The molecule has 1 aliphatic rings. The summed E-state index contributed by atoms with van der Waals surface area (Å²) >= 11 is 0. The van der Waals surface area contributed by atoms with Gasteiger partial charge in [-0.15, -0.1) is 0 Å². The van der Waals surface area contributed by atoms with E-state index >= 15 is 0 Å². The van der Waals surface area contributed by atoms with E-state index in [-0.39, 0.29) is 17.8 Å². The second-order valence-electron chi connectivity index (χ2n) is 5.32. The first-order valence-corrected chi connectivity index (χ1v) is 6.90. The van der Waals surface area contributed by atoms with Crippen molar-refractivity contribution in [2.75, 3.05) is 6.61 Å². The Bertz CT molecular complexity index is 626. The molecular weight excluding hydrogens is 253 g/mol. The highest BCUT2D eigenvalue weighted by molar-refractivity contribution is 5.40. The van der Waals surface area contributed by atoms with Crippen molar-refractivity contribution in [3.05, 3.63) is 65.0 Å². The van der Waals surface area contributed by atoms with Crippen LogP contribution in [0.3, 0.4) is 0 Å². The number of halogens is 1. The predicted molar refractivity (Wildman–Crippen MR) is 77.4 cm³/mol. The molecule has 0 amide bonds. The number of ether oxygens (including phenoxy) is 1. The molecule has 0 aliphatic carbocycles. The van der Waals surface area contributed by atoms with Gasteiger partial charge in [0, 0.05) is 12.0 Å². The first-order chi connectivity index (χ1) is 9.66. The average Bonchev–Trinajstić information content (AvgIpc) is 2.49. The zero-order chi connectivity index (χ0) is 14.1. The molecule has 0 aromatic heterocycles. The van der Waals surface area contributed by atoms with Gasteiger partial charge in [0.25, 0.3) is 0 Å². The van der Waals surface area contributed by atoms with E-state index in [4.69, 9.17) is 10.5 Å². The Morgan fingerprint density at radius 3 is 2.85 bits per heavy atom. The first kappa shape index (κ1) is 13.1. The monoisotopic (exact) mass is 271 g/mol. The van der Waals surface area contributed by atoms with E-state index < -0.39 is 0 Å². The van der Waals surface area contributed by atoms with E-state index in [0.717, 1.165) is 23.3 Å². The minimum atomic E-state index is -0.187. The van der Waals surface area contributed by atoms with Gasteiger partial charge >= 0.3 is 0 Å². The van der Waals surface area contributed by atoms with Crippen molar-refractivity contribution in [3.8, 4) is 5.75 Å². The van der Waals surface area contributed by atoms with Crippen molar-refractivity contribution in [2.24, 2.45) is 5.73 Å². The molecule has 0 bridgehead atoms. The molecule has 2 nitrogen and oxygen atoms in total. The van der Waals surface area contributed by atoms with Gasteiger partial charge in [-0.3, -0.25) is 0 Å². The van der Waals surface area contributed by atoms with Gasteiger partial charge in [0.1, 0.15) is 11.6 Å². The molecule has 104 valence electrons. The summed E-state index contributed by atoms with van der Waals surface area (Å²) < 4.78 is 19.0. The van der Waals surface area contributed by atoms with Gasteiger partial charge in [-0.25, -0.2) is 4.39 Å². The van der Waals surface area contributed by atoms with Crippen molar-refractivity contribution in [1.82, 2.24) is 0 Å². The lowest BCUT2D eigenvalue weighted by Gasteiger charge is -2.30. The second-order valence-corrected chi connectivity index (χ2v) is 5.32. The molecule has 2 unspecified atom stereocenters. The number of hydrogen-bond acceptors (Lipinski definition) is 2. The van der Waals surface area contributed by atoms with Crippen LogP contribution in [-0.2, 0) is 0 Å². The van der Waals surface area contributed by atoms with Gasteiger partial charge in [-0.1, -0.05) is 30.3 Å². The van der Waals surface area contributed by atoms with Crippen LogP contribution in [0.5, 0.6) is 5.75 Å². The third kappa shape index (κ3) is 2.29. The molecule has 3 heteroatoms. The zero-order valence-electron chi connectivity index (χ0n) is 11.5. The molecule has 1 aliphatic heterocycles. The van der Waals surface area contributed by atoms with Gasteiger partial charge in [0.2, 0.25) is 0 Å². The number of rotatable bonds is 2. The molecule has 0 radical (unpaired) electrons. The quantitative estimate of drug-likeness (QED) is 0.904. The van der Waals surface area contributed by atoms with E-state index in [2.05, 4.69) is 6.07 Å². The summed E-state index contributed by atoms with van der Waals surface area (Å²) in [7, 11) is 0. The van der Waals surface area contributed by atoms with Crippen LogP contribution in [0.15, 0.2) is 42.5 Å². The molecule has 0 fully saturated rings. The third-order valence-electron chi connectivity index (χ3n) is 4.01. The topological polar surface area (TPSA) is 35.2 Å². The maximum atomic E-state index is 13.4. The molecule has 2 atom stereocenters. The zero-order valence-corrected chi connectivity index (χ0v) is 11.5. The van der Waals surface area contributed by atoms with E-state index in [1.807, 2.05) is 24.3 Å². The fraction of sp³-hybridized carbons (Fsp3) is 0.294. The number of fused-ring (bicyclic) bond motifs is 1. The Balaban J connectivity index is 1.95. The molecule has 0 saturated carbocycles. The fourth-order valence-electron chi connectivity index (χ4n) is 2.85. The number of para-hydroxylation sites is 1. The van der Waals surface area contributed by atoms with Crippen LogP contribution < -0.4 is 10.5 Å². The van der Waals surface area contributed by atoms with Crippen molar-refractivity contribution in [2.45, 2.75) is 25.3 Å². The van der Waals surface area contributed by atoms with Crippen LogP contribution >= 0.6 is 0 Å². The Morgan fingerprint density at radius 1 is 1.25 bits per heavy atom. The van der Waals surface area contributed by atoms with E-state index in [1.165, 1.54) is 6.07 Å². The fourth-order valence-corrected chi connectivity index (χ4v) is 2.85. The van der Waals surface area contributed by atoms with Crippen molar-refractivity contribution >= 4 is 0 Å². The van der Waals surface area contributed by atoms with Crippen molar-refractivity contribution in [3.63, 3.8) is 0 Å². The lowest BCUT2D eigenvalue weighted by Crippen LogP contribution is -2.25. The highest BCUT2D eigenvalue weighted by atomic mass is 19.1. The van der Waals surface area contributed by atoms with Gasteiger partial charge in [-0.05, 0) is 42.2 Å². The molecule has 0 spiro atoms. The minimum absolute atomic E-state index is 0.139. The Hall–Kier alpha value is -1.87. The van der Waals surface area contributed by atoms with Crippen molar-refractivity contribution < 1.29 is 9.13 Å². The van der Waals surface area contributed by atoms with Crippen LogP contribution in [-0.4, -0.2) is 6.61 Å². The largest absolute Gasteiger partial charge is 0.493 e.